The maximum absolute atomic E-state index is 12.6. The molecule has 13 nitrogen and oxygen atoms in total. The number of carboxylic acid groups (broad SMARTS) is 3. The van der Waals surface area contributed by atoms with Crippen LogP contribution in [0.3, 0.4) is 0 Å². The fraction of sp³-hybridized carbons (Fsp3) is 0.684. The standard InChI is InChI=1S/C19H32N4O9/c1-4-9(2)15(18(30)22-12(19(31)32)6-8-14(26)27)23-16(28)10(3)21-17(29)11(20)5-7-13(24)25/h9-12,15H,4-8,20H2,1-3H3,(H,21,29)(H,22,30)(H,23,28)(H,24,25)(H,26,27)(H,31,32). The largest absolute Gasteiger partial charge is 0.481 e. The molecular formula is C19H32N4O9. The molecule has 0 saturated carbocycles. The number of amides is 3. The molecule has 0 aromatic heterocycles. The molecule has 13 heteroatoms. The Morgan fingerprint density at radius 3 is 1.78 bits per heavy atom. The van der Waals surface area contributed by atoms with Crippen molar-refractivity contribution in [1.29, 1.82) is 0 Å². The molecule has 182 valence electrons. The van der Waals surface area contributed by atoms with Gasteiger partial charge in [0.1, 0.15) is 18.1 Å². The van der Waals surface area contributed by atoms with E-state index in [1.165, 1.54) is 6.92 Å². The van der Waals surface area contributed by atoms with Gasteiger partial charge in [0.15, 0.2) is 0 Å². The molecule has 0 heterocycles. The Balaban J connectivity index is 5.13. The van der Waals surface area contributed by atoms with E-state index in [2.05, 4.69) is 16.0 Å². The SMILES string of the molecule is CCC(C)C(NC(=O)C(C)NC(=O)C(N)CCC(=O)O)C(=O)NC(CCC(=O)O)C(=O)O. The van der Waals surface area contributed by atoms with E-state index >= 15 is 0 Å². The minimum Gasteiger partial charge on any atom is -0.481 e. The molecule has 0 aliphatic carbocycles. The van der Waals surface area contributed by atoms with Crippen molar-refractivity contribution in [3.05, 3.63) is 0 Å². The summed E-state index contributed by atoms with van der Waals surface area (Å²) in [6, 6.07) is -4.84. The van der Waals surface area contributed by atoms with Crippen LogP contribution < -0.4 is 21.7 Å². The predicted octanol–water partition coefficient (Wildman–Crippen LogP) is -1.35. The van der Waals surface area contributed by atoms with Crippen molar-refractivity contribution in [3.8, 4) is 0 Å². The second-order valence-electron chi connectivity index (χ2n) is 7.47. The van der Waals surface area contributed by atoms with Gasteiger partial charge in [-0.25, -0.2) is 4.79 Å². The van der Waals surface area contributed by atoms with Crippen molar-refractivity contribution in [3.63, 3.8) is 0 Å². The molecule has 0 aliphatic rings. The van der Waals surface area contributed by atoms with E-state index in [0.717, 1.165) is 0 Å². The molecule has 8 N–H and O–H groups in total. The van der Waals surface area contributed by atoms with Crippen molar-refractivity contribution in [1.82, 2.24) is 16.0 Å². The van der Waals surface area contributed by atoms with Crippen molar-refractivity contribution < 1.29 is 44.1 Å². The summed E-state index contributed by atoms with van der Waals surface area (Å²) in [5.41, 5.74) is 5.60. The third-order valence-corrected chi connectivity index (χ3v) is 4.81. The minimum atomic E-state index is -1.45. The molecule has 3 amide bonds. The summed E-state index contributed by atoms with van der Waals surface area (Å²) >= 11 is 0. The van der Waals surface area contributed by atoms with E-state index < -0.39 is 72.1 Å². The number of nitrogens with two attached hydrogens (primary N) is 1. The maximum Gasteiger partial charge on any atom is 0.326 e. The molecule has 0 spiro atoms. The summed E-state index contributed by atoms with van der Waals surface area (Å²) in [7, 11) is 0. The van der Waals surface area contributed by atoms with Gasteiger partial charge >= 0.3 is 17.9 Å². The summed E-state index contributed by atoms with van der Waals surface area (Å²) in [4.78, 5) is 69.8. The fourth-order valence-corrected chi connectivity index (χ4v) is 2.56. The maximum atomic E-state index is 12.6. The third-order valence-electron chi connectivity index (χ3n) is 4.81. The molecule has 5 atom stereocenters. The van der Waals surface area contributed by atoms with Gasteiger partial charge in [0, 0.05) is 12.8 Å². The number of aliphatic carboxylic acids is 3. The van der Waals surface area contributed by atoms with E-state index in [4.69, 9.17) is 15.9 Å². The van der Waals surface area contributed by atoms with E-state index in [-0.39, 0.29) is 19.3 Å². The highest BCUT2D eigenvalue weighted by molar-refractivity contribution is 5.94. The summed E-state index contributed by atoms with van der Waals surface area (Å²) in [6.07, 6.45) is -0.800. The molecule has 0 saturated heterocycles. The van der Waals surface area contributed by atoms with Crippen LogP contribution in [0.1, 0.15) is 52.9 Å². The smallest absolute Gasteiger partial charge is 0.326 e. The molecule has 0 aromatic carbocycles. The van der Waals surface area contributed by atoms with Crippen LogP contribution >= 0.6 is 0 Å². The highest BCUT2D eigenvalue weighted by Gasteiger charge is 2.31. The van der Waals surface area contributed by atoms with Crippen molar-refractivity contribution >= 4 is 35.6 Å². The highest BCUT2D eigenvalue weighted by atomic mass is 16.4. The van der Waals surface area contributed by atoms with Crippen LogP contribution in [0.2, 0.25) is 0 Å². The van der Waals surface area contributed by atoms with Gasteiger partial charge in [-0.2, -0.15) is 0 Å². The van der Waals surface area contributed by atoms with Crippen LogP contribution in [-0.4, -0.2) is 75.1 Å². The number of hydrogen-bond donors (Lipinski definition) is 7. The van der Waals surface area contributed by atoms with Gasteiger partial charge < -0.3 is 37.0 Å². The Morgan fingerprint density at radius 1 is 0.781 bits per heavy atom. The zero-order chi connectivity index (χ0) is 25.0. The Kier molecular flexibility index (Phi) is 12.6. The lowest BCUT2D eigenvalue weighted by molar-refractivity contribution is -0.144. The zero-order valence-electron chi connectivity index (χ0n) is 18.3. The summed E-state index contributed by atoms with van der Waals surface area (Å²) in [6.45, 7) is 4.75. The lowest BCUT2D eigenvalue weighted by Crippen LogP contribution is -2.58. The minimum absolute atomic E-state index is 0.125. The Labute approximate surface area is 185 Å². The Hall–Kier alpha value is -3.22. The first-order valence-corrected chi connectivity index (χ1v) is 10.1. The molecule has 0 aromatic rings. The number of rotatable bonds is 15. The van der Waals surface area contributed by atoms with Crippen molar-refractivity contribution in [2.75, 3.05) is 0 Å². The van der Waals surface area contributed by atoms with Gasteiger partial charge in [-0.05, 0) is 25.7 Å². The van der Waals surface area contributed by atoms with Crippen molar-refractivity contribution in [2.45, 2.75) is 77.0 Å². The van der Waals surface area contributed by atoms with E-state index in [9.17, 15) is 33.9 Å². The zero-order valence-corrected chi connectivity index (χ0v) is 18.3. The van der Waals surface area contributed by atoms with Crippen molar-refractivity contribution in [2.24, 2.45) is 11.7 Å². The first-order chi connectivity index (χ1) is 14.8. The van der Waals surface area contributed by atoms with Gasteiger partial charge in [-0.15, -0.1) is 0 Å². The van der Waals surface area contributed by atoms with E-state index in [1.54, 1.807) is 13.8 Å². The number of nitrogens with one attached hydrogen (secondary N) is 3. The van der Waals surface area contributed by atoms with E-state index in [1.807, 2.05) is 0 Å². The van der Waals surface area contributed by atoms with Gasteiger partial charge in [-0.3, -0.25) is 24.0 Å². The lowest BCUT2D eigenvalue weighted by Gasteiger charge is -2.27. The second kappa shape index (κ2) is 14.0. The van der Waals surface area contributed by atoms with E-state index in [0.29, 0.717) is 6.42 Å². The first kappa shape index (κ1) is 28.8. The van der Waals surface area contributed by atoms with Gasteiger partial charge in [0.25, 0.3) is 0 Å². The topological polar surface area (TPSA) is 225 Å². The highest BCUT2D eigenvalue weighted by Crippen LogP contribution is 2.10. The Bertz CT molecular complexity index is 713. The molecule has 0 aliphatic heterocycles. The average Bonchev–Trinajstić information content (AvgIpc) is 2.71. The normalized spacial score (nSPS) is 15.4. The average molecular weight is 460 g/mol. The predicted molar refractivity (Wildman–Crippen MR) is 110 cm³/mol. The van der Waals surface area contributed by atoms with Crippen LogP contribution in [0.5, 0.6) is 0 Å². The molecular weight excluding hydrogens is 428 g/mol. The van der Waals surface area contributed by atoms with Gasteiger partial charge in [0.05, 0.1) is 6.04 Å². The molecule has 0 fully saturated rings. The molecule has 32 heavy (non-hydrogen) atoms. The Morgan fingerprint density at radius 2 is 1.31 bits per heavy atom. The lowest BCUT2D eigenvalue weighted by atomic mass is 9.97. The number of carbonyl (C=O) groups excluding carboxylic acids is 3. The summed E-state index contributed by atoms with van der Waals surface area (Å²) in [5, 5.41) is 33.6. The van der Waals surface area contributed by atoms with Crippen LogP contribution in [0.4, 0.5) is 0 Å². The molecule has 0 bridgehead atoms. The first-order valence-electron chi connectivity index (χ1n) is 10.1. The summed E-state index contributed by atoms with van der Waals surface area (Å²) < 4.78 is 0. The summed E-state index contributed by atoms with van der Waals surface area (Å²) in [5.74, 6) is -6.44. The van der Waals surface area contributed by atoms with Crippen LogP contribution in [0, 0.1) is 5.92 Å². The van der Waals surface area contributed by atoms with Gasteiger partial charge in [-0.1, -0.05) is 20.3 Å². The van der Waals surface area contributed by atoms with Crippen LogP contribution in [0.25, 0.3) is 0 Å². The van der Waals surface area contributed by atoms with Crippen LogP contribution in [-0.2, 0) is 28.8 Å². The van der Waals surface area contributed by atoms with Crippen LogP contribution in [0.15, 0.2) is 0 Å². The number of carbonyl (C=O) groups is 6. The second-order valence-corrected chi connectivity index (χ2v) is 7.47. The number of carboxylic acids is 3. The third kappa shape index (κ3) is 10.7. The number of hydrogen-bond acceptors (Lipinski definition) is 7. The molecule has 5 unspecified atom stereocenters. The molecule has 0 rings (SSSR count). The fourth-order valence-electron chi connectivity index (χ4n) is 2.56. The van der Waals surface area contributed by atoms with Gasteiger partial charge in [0.2, 0.25) is 17.7 Å². The molecule has 0 radical (unpaired) electrons. The monoisotopic (exact) mass is 460 g/mol. The quantitative estimate of drug-likeness (QED) is 0.152.